The van der Waals surface area contributed by atoms with Crippen LogP contribution >= 0.6 is 0 Å². The molecule has 4 rings (SSSR count). The zero-order valence-corrected chi connectivity index (χ0v) is 15.4. The Bertz CT molecular complexity index is 908. The van der Waals surface area contributed by atoms with Crippen molar-refractivity contribution in [2.75, 3.05) is 13.1 Å². The highest BCUT2D eigenvalue weighted by Gasteiger charge is 2.33. The Morgan fingerprint density at radius 3 is 2.27 bits per heavy atom. The van der Waals surface area contributed by atoms with E-state index in [1.165, 1.54) is 4.31 Å². The SMILES string of the molecule is Cc1nnc(C2CCN(S(=O)(=O)c3ccc(C(=O)C4CC4)cc3)CC2)o1. The quantitative estimate of drug-likeness (QED) is 0.746. The summed E-state index contributed by atoms with van der Waals surface area (Å²) in [4.78, 5) is 12.3. The summed E-state index contributed by atoms with van der Waals surface area (Å²) in [5.41, 5.74) is 0.594. The molecule has 1 saturated carbocycles. The number of benzene rings is 1. The van der Waals surface area contributed by atoms with Crippen molar-refractivity contribution in [3.05, 3.63) is 41.6 Å². The van der Waals surface area contributed by atoms with Crippen LogP contribution in [-0.4, -0.2) is 41.8 Å². The molecule has 2 aromatic rings. The first-order valence-electron chi connectivity index (χ1n) is 8.89. The normalized spacial score (nSPS) is 19.6. The summed E-state index contributed by atoms with van der Waals surface area (Å²) in [6, 6.07) is 6.33. The lowest BCUT2D eigenvalue weighted by Gasteiger charge is -2.29. The van der Waals surface area contributed by atoms with E-state index >= 15 is 0 Å². The minimum atomic E-state index is -3.55. The molecule has 7 nitrogen and oxygen atoms in total. The third-order valence-electron chi connectivity index (χ3n) is 5.07. The van der Waals surface area contributed by atoms with Crippen LogP contribution in [0, 0.1) is 12.8 Å². The number of aryl methyl sites for hydroxylation is 1. The first-order valence-corrected chi connectivity index (χ1v) is 10.3. The molecule has 0 amide bonds. The van der Waals surface area contributed by atoms with E-state index in [4.69, 9.17) is 4.42 Å². The lowest BCUT2D eigenvalue weighted by molar-refractivity contribution is 0.0967. The first-order chi connectivity index (χ1) is 12.4. The minimum Gasteiger partial charge on any atom is -0.425 e. The van der Waals surface area contributed by atoms with Gasteiger partial charge in [-0.3, -0.25) is 4.79 Å². The van der Waals surface area contributed by atoms with Crippen molar-refractivity contribution in [2.45, 2.75) is 43.4 Å². The van der Waals surface area contributed by atoms with Crippen LogP contribution in [0.15, 0.2) is 33.6 Å². The Morgan fingerprint density at radius 1 is 1.08 bits per heavy atom. The number of sulfonamides is 1. The van der Waals surface area contributed by atoms with Gasteiger partial charge in [-0.15, -0.1) is 10.2 Å². The van der Waals surface area contributed by atoms with Gasteiger partial charge in [0.1, 0.15) is 0 Å². The predicted octanol–water partition coefficient (Wildman–Crippen LogP) is 2.54. The summed E-state index contributed by atoms with van der Waals surface area (Å²) in [6.45, 7) is 2.57. The Morgan fingerprint density at radius 2 is 1.73 bits per heavy atom. The van der Waals surface area contributed by atoms with Gasteiger partial charge in [-0.05, 0) is 37.8 Å². The number of piperidine rings is 1. The molecule has 2 heterocycles. The van der Waals surface area contributed by atoms with Crippen LogP contribution in [0.2, 0.25) is 0 Å². The molecule has 8 heteroatoms. The lowest BCUT2D eigenvalue weighted by atomic mass is 9.98. The van der Waals surface area contributed by atoms with Gasteiger partial charge >= 0.3 is 0 Å². The molecular weight excluding hydrogens is 354 g/mol. The number of carbonyl (C=O) groups is 1. The molecule has 1 aliphatic heterocycles. The van der Waals surface area contributed by atoms with Gasteiger partial charge in [0, 0.05) is 37.4 Å². The average molecular weight is 375 g/mol. The minimum absolute atomic E-state index is 0.0983. The molecule has 1 aromatic heterocycles. The zero-order chi connectivity index (χ0) is 18.3. The van der Waals surface area contributed by atoms with E-state index in [1.807, 2.05) is 0 Å². The fourth-order valence-corrected chi connectivity index (χ4v) is 4.81. The van der Waals surface area contributed by atoms with E-state index in [2.05, 4.69) is 10.2 Å². The summed E-state index contributed by atoms with van der Waals surface area (Å²) in [5.74, 6) is 1.45. The van der Waals surface area contributed by atoms with Crippen LogP contribution in [0.1, 0.15) is 53.7 Å². The fourth-order valence-electron chi connectivity index (χ4n) is 3.34. The second-order valence-electron chi connectivity index (χ2n) is 7.00. The molecular formula is C18H21N3O4S. The van der Waals surface area contributed by atoms with E-state index in [0.29, 0.717) is 43.3 Å². The Kier molecular flexibility index (Phi) is 4.40. The molecule has 1 aromatic carbocycles. The van der Waals surface area contributed by atoms with Crippen LogP contribution in [0.3, 0.4) is 0 Å². The van der Waals surface area contributed by atoms with Crippen LogP contribution in [0.5, 0.6) is 0 Å². The molecule has 138 valence electrons. The second-order valence-corrected chi connectivity index (χ2v) is 8.94. The van der Waals surface area contributed by atoms with E-state index in [9.17, 15) is 13.2 Å². The fraction of sp³-hybridized carbons (Fsp3) is 0.500. The highest BCUT2D eigenvalue weighted by Crippen LogP contribution is 2.33. The van der Waals surface area contributed by atoms with Gasteiger partial charge in [0.25, 0.3) is 0 Å². The number of carbonyl (C=O) groups excluding carboxylic acids is 1. The number of hydrogen-bond acceptors (Lipinski definition) is 6. The van der Waals surface area contributed by atoms with E-state index in [0.717, 1.165) is 12.8 Å². The summed E-state index contributed by atoms with van der Waals surface area (Å²) in [7, 11) is -3.55. The van der Waals surface area contributed by atoms with Crippen molar-refractivity contribution in [3.63, 3.8) is 0 Å². The topological polar surface area (TPSA) is 93.4 Å². The van der Waals surface area contributed by atoms with Gasteiger partial charge in [-0.1, -0.05) is 12.1 Å². The van der Waals surface area contributed by atoms with Gasteiger partial charge < -0.3 is 4.42 Å². The highest BCUT2D eigenvalue weighted by atomic mass is 32.2. The monoisotopic (exact) mass is 375 g/mol. The standard InChI is InChI=1S/C18H21N3O4S/c1-12-19-20-18(25-12)15-8-10-21(11-9-15)26(23,24)16-6-4-14(5-7-16)17(22)13-2-3-13/h4-7,13,15H,2-3,8-11H2,1H3. The molecule has 0 bridgehead atoms. The second kappa shape index (κ2) is 6.59. The number of rotatable bonds is 5. The molecule has 0 atom stereocenters. The predicted molar refractivity (Wildman–Crippen MR) is 93.3 cm³/mol. The summed E-state index contributed by atoms with van der Waals surface area (Å²) in [5, 5.41) is 7.88. The molecule has 2 aliphatic rings. The van der Waals surface area contributed by atoms with Gasteiger partial charge in [-0.25, -0.2) is 8.42 Å². The van der Waals surface area contributed by atoms with Crippen LogP contribution in [-0.2, 0) is 10.0 Å². The Balaban J connectivity index is 1.44. The van der Waals surface area contributed by atoms with Crippen LogP contribution in [0.25, 0.3) is 0 Å². The Labute approximate surface area is 152 Å². The number of ketones is 1. The molecule has 1 saturated heterocycles. The molecule has 0 N–H and O–H groups in total. The number of aromatic nitrogens is 2. The molecule has 26 heavy (non-hydrogen) atoms. The van der Waals surface area contributed by atoms with Crippen LogP contribution in [0.4, 0.5) is 0 Å². The maximum absolute atomic E-state index is 12.9. The molecule has 1 aliphatic carbocycles. The maximum atomic E-state index is 12.9. The zero-order valence-electron chi connectivity index (χ0n) is 14.6. The lowest BCUT2D eigenvalue weighted by Crippen LogP contribution is -2.38. The maximum Gasteiger partial charge on any atom is 0.243 e. The smallest absolute Gasteiger partial charge is 0.243 e. The van der Waals surface area contributed by atoms with Crippen molar-refractivity contribution in [2.24, 2.45) is 5.92 Å². The summed E-state index contributed by atoms with van der Waals surface area (Å²) < 4.78 is 32.7. The van der Waals surface area contributed by atoms with E-state index in [1.54, 1.807) is 31.2 Å². The largest absolute Gasteiger partial charge is 0.425 e. The summed E-state index contributed by atoms with van der Waals surface area (Å²) in [6.07, 6.45) is 3.18. The van der Waals surface area contributed by atoms with Gasteiger partial charge in [0.05, 0.1) is 4.90 Å². The molecule has 0 spiro atoms. The first kappa shape index (κ1) is 17.4. The van der Waals surface area contributed by atoms with Crippen LogP contribution < -0.4 is 0 Å². The molecule has 0 radical (unpaired) electrons. The van der Waals surface area contributed by atoms with E-state index in [-0.39, 0.29) is 22.5 Å². The summed E-state index contributed by atoms with van der Waals surface area (Å²) >= 11 is 0. The van der Waals surface area contributed by atoms with Gasteiger partial charge in [-0.2, -0.15) is 4.31 Å². The van der Waals surface area contributed by atoms with Crippen molar-refractivity contribution in [1.29, 1.82) is 0 Å². The number of nitrogens with zero attached hydrogens (tertiary/aromatic N) is 3. The number of hydrogen-bond donors (Lipinski definition) is 0. The Hall–Kier alpha value is -2.06. The van der Waals surface area contributed by atoms with Crippen molar-refractivity contribution in [1.82, 2.24) is 14.5 Å². The van der Waals surface area contributed by atoms with Gasteiger partial charge in [0.15, 0.2) is 5.78 Å². The van der Waals surface area contributed by atoms with Crippen molar-refractivity contribution in [3.8, 4) is 0 Å². The van der Waals surface area contributed by atoms with E-state index < -0.39 is 10.0 Å². The average Bonchev–Trinajstić information content (AvgIpc) is 3.42. The van der Waals surface area contributed by atoms with Gasteiger partial charge in [0.2, 0.25) is 21.8 Å². The third kappa shape index (κ3) is 3.31. The third-order valence-corrected chi connectivity index (χ3v) is 6.98. The molecule has 0 unspecified atom stereocenters. The highest BCUT2D eigenvalue weighted by molar-refractivity contribution is 7.89. The number of Topliss-reactive ketones (excluding diaryl/α,β-unsaturated/α-hetero) is 1. The van der Waals surface area contributed by atoms with Crippen molar-refractivity contribution >= 4 is 15.8 Å². The molecule has 2 fully saturated rings. The van der Waals surface area contributed by atoms with Crippen molar-refractivity contribution < 1.29 is 17.6 Å².